The van der Waals surface area contributed by atoms with Crippen LogP contribution in [0.25, 0.3) is 89.6 Å². The van der Waals surface area contributed by atoms with Crippen LogP contribution in [0.3, 0.4) is 0 Å². The van der Waals surface area contributed by atoms with Crippen molar-refractivity contribution in [1.29, 1.82) is 0 Å². The van der Waals surface area contributed by atoms with Crippen molar-refractivity contribution in [1.82, 2.24) is 20.4 Å². The fourth-order valence-corrected chi connectivity index (χ4v) is 6.94. The Hall–Kier alpha value is -7.59. The normalized spacial score (nSPS) is 11.2. The Morgan fingerprint density at radius 2 is 0.768 bits per heavy atom. The van der Waals surface area contributed by atoms with E-state index in [0.717, 1.165) is 32.7 Å². The van der Waals surface area contributed by atoms with E-state index in [1.54, 1.807) is 0 Å². The van der Waals surface area contributed by atoms with Crippen molar-refractivity contribution in [2.45, 2.75) is 0 Å². The summed E-state index contributed by atoms with van der Waals surface area (Å²) in [5, 5.41) is 21.8. The molecule has 0 amide bonds. The first-order chi connectivity index (χ1) is 27.5. The van der Waals surface area contributed by atoms with Crippen LogP contribution in [0, 0.1) is 0 Å². The summed E-state index contributed by atoms with van der Waals surface area (Å²) in [5.41, 5.74) is 4.89. The number of hydrogen-bond donors (Lipinski definition) is 0. The highest BCUT2D eigenvalue weighted by Gasteiger charge is 2.23. The summed E-state index contributed by atoms with van der Waals surface area (Å²) in [7, 11) is 4.37. The molecule has 0 unspecified atom stereocenters. The molecule has 2 aromatic heterocycles. The number of nitrogens with zero attached hydrogens (tertiary/aromatic N) is 4. The van der Waals surface area contributed by atoms with Crippen LogP contribution in [0.5, 0.6) is 17.2 Å². The second-order valence-electron chi connectivity index (χ2n) is 13.0. The molecule has 9 rings (SSSR count). The number of aromatic nitrogens is 4. The summed E-state index contributed by atoms with van der Waals surface area (Å²) in [4.78, 5) is 14.1. The summed E-state index contributed by atoms with van der Waals surface area (Å²) < 4.78 is 29.8. The third-order valence-corrected chi connectivity index (χ3v) is 9.69. The van der Waals surface area contributed by atoms with Crippen LogP contribution in [0.4, 0.5) is 0 Å². The van der Waals surface area contributed by atoms with Gasteiger partial charge in [0.25, 0.3) is 5.43 Å². The number of ether oxygens (including phenoxy) is 3. The summed E-state index contributed by atoms with van der Waals surface area (Å²) in [5.74, 6) is 1.73. The van der Waals surface area contributed by atoms with E-state index in [0.29, 0.717) is 56.9 Å². The maximum absolute atomic E-state index is 14.1. The minimum absolute atomic E-state index is 0.0135. The molecule has 0 N–H and O–H groups in total. The molecule has 10 nitrogen and oxygen atoms in total. The zero-order valence-corrected chi connectivity index (χ0v) is 30.5. The second-order valence-corrected chi connectivity index (χ2v) is 13.0. The maximum Gasteiger partial charge on any atom is 0.266 e. The molecule has 56 heavy (non-hydrogen) atoms. The van der Waals surface area contributed by atoms with Crippen molar-refractivity contribution in [2.75, 3.05) is 21.3 Å². The predicted molar refractivity (Wildman–Crippen MR) is 216 cm³/mol. The van der Waals surface area contributed by atoms with Crippen LogP contribution >= 0.6 is 0 Å². The fourth-order valence-electron chi connectivity index (χ4n) is 6.94. The highest BCUT2D eigenvalue weighted by Crippen LogP contribution is 2.42. The van der Waals surface area contributed by atoms with Crippen LogP contribution in [-0.4, -0.2) is 41.7 Å². The Morgan fingerprint density at radius 3 is 1.21 bits per heavy atom. The highest BCUT2D eigenvalue weighted by atomic mass is 16.5. The Bertz CT molecular complexity index is 2990. The molecule has 0 aliphatic heterocycles. The first-order valence-electron chi connectivity index (χ1n) is 17.8. The van der Waals surface area contributed by atoms with Gasteiger partial charge in [-0.1, -0.05) is 84.9 Å². The van der Waals surface area contributed by atoms with Crippen molar-refractivity contribution < 1.29 is 23.0 Å². The lowest BCUT2D eigenvalue weighted by atomic mass is 9.99. The lowest BCUT2D eigenvalue weighted by Crippen LogP contribution is -2.08. The third-order valence-electron chi connectivity index (χ3n) is 9.69. The van der Waals surface area contributed by atoms with Gasteiger partial charge in [-0.25, -0.2) is 0 Å². The minimum atomic E-state index is -0.483. The molecule has 0 aliphatic carbocycles. The fraction of sp³-hybridized carbons (Fsp3) is 0.0652. The number of benzene rings is 6. The van der Waals surface area contributed by atoms with Crippen molar-refractivity contribution >= 4 is 21.5 Å². The van der Waals surface area contributed by atoms with E-state index in [4.69, 9.17) is 23.0 Å². The van der Waals surface area contributed by atoms with Gasteiger partial charge in [0.05, 0.1) is 21.3 Å². The van der Waals surface area contributed by atoms with E-state index in [1.165, 1.54) is 21.3 Å². The van der Waals surface area contributed by atoms with Gasteiger partial charge < -0.3 is 23.0 Å². The van der Waals surface area contributed by atoms with Gasteiger partial charge in [0.1, 0.15) is 0 Å². The second kappa shape index (κ2) is 14.3. The van der Waals surface area contributed by atoms with Gasteiger partial charge in [-0.3, -0.25) is 4.79 Å². The third kappa shape index (κ3) is 6.18. The standard InChI is InChI=1S/C46H32N4O6/c1-52-40-37(31-14-8-16-33(24-31)43-47-49-45(55-43)35-20-18-27-10-4-6-12-29(27)22-35)26-38(41(53-2)42(54-3)39(40)51)32-15-9-17-34(25-32)44-48-50-46(56-44)36-21-19-28-11-5-7-13-30(28)23-36/h4-26H,1-3H3. The zero-order valence-electron chi connectivity index (χ0n) is 30.5. The molecule has 0 fully saturated rings. The summed E-state index contributed by atoms with van der Waals surface area (Å²) >= 11 is 0. The lowest BCUT2D eigenvalue weighted by Gasteiger charge is -2.10. The summed E-state index contributed by atoms with van der Waals surface area (Å²) in [6, 6.07) is 45.1. The molecule has 2 heterocycles. The molecule has 0 atom stereocenters. The van der Waals surface area contributed by atoms with Gasteiger partial charge >= 0.3 is 0 Å². The van der Waals surface area contributed by atoms with E-state index in [1.807, 2.05) is 127 Å². The van der Waals surface area contributed by atoms with E-state index >= 15 is 0 Å². The predicted octanol–water partition coefficient (Wildman–Crippen LogP) is 10.1. The molecular formula is C46H32N4O6. The Balaban J connectivity index is 1.12. The van der Waals surface area contributed by atoms with Gasteiger partial charge in [-0.05, 0) is 87.3 Å². The van der Waals surface area contributed by atoms with E-state index in [-0.39, 0.29) is 17.2 Å². The van der Waals surface area contributed by atoms with Gasteiger partial charge in [0.15, 0.2) is 11.5 Å². The average molecular weight is 737 g/mol. The molecule has 7 aromatic carbocycles. The van der Waals surface area contributed by atoms with Crippen LogP contribution in [0.15, 0.2) is 153 Å². The van der Waals surface area contributed by atoms with Gasteiger partial charge in [0.2, 0.25) is 29.3 Å². The lowest BCUT2D eigenvalue weighted by molar-refractivity contribution is 0.350. The molecule has 0 bridgehead atoms. The first kappa shape index (κ1) is 34.2. The van der Waals surface area contributed by atoms with Crippen molar-refractivity contribution in [2.24, 2.45) is 0 Å². The highest BCUT2D eigenvalue weighted by molar-refractivity contribution is 5.88. The molecule has 0 saturated heterocycles. The quantitative estimate of drug-likeness (QED) is 0.141. The van der Waals surface area contributed by atoms with Gasteiger partial charge in [-0.15, -0.1) is 20.4 Å². The Labute approximate surface area is 320 Å². The molecule has 0 saturated carbocycles. The molecule has 0 radical (unpaired) electrons. The summed E-state index contributed by atoms with van der Waals surface area (Å²) in [6.45, 7) is 0. The van der Waals surface area contributed by atoms with Gasteiger partial charge in [0, 0.05) is 33.4 Å². The Morgan fingerprint density at radius 1 is 0.375 bits per heavy atom. The van der Waals surface area contributed by atoms with Crippen molar-refractivity contribution in [3.8, 4) is 85.3 Å². The van der Waals surface area contributed by atoms with Crippen LogP contribution in [-0.2, 0) is 0 Å². The van der Waals surface area contributed by atoms with Crippen LogP contribution in [0.2, 0.25) is 0 Å². The zero-order chi connectivity index (χ0) is 38.2. The van der Waals surface area contributed by atoms with Crippen molar-refractivity contribution in [3.05, 3.63) is 150 Å². The molecule has 10 heteroatoms. The van der Waals surface area contributed by atoms with Crippen molar-refractivity contribution in [3.63, 3.8) is 0 Å². The van der Waals surface area contributed by atoms with Crippen LogP contribution in [0.1, 0.15) is 0 Å². The largest absolute Gasteiger partial charge is 0.492 e. The molecule has 272 valence electrons. The van der Waals surface area contributed by atoms with E-state index in [9.17, 15) is 4.79 Å². The Kier molecular flexibility index (Phi) is 8.75. The van der Waals surface area contributed by atoms with Gasteiger partial charge in [-0.2, -0.15) is 0 Å². The van der Waals surface area contributed by atoms with E-state index < -0.39 is 5.43 Å². The maximum atomic E-state index is 14.1. The van der Waals surface area contributed by atoms with E-state index in [2.05, 4.69) is 32.5 Å². The average Bonchev–Trinajstić information content (AvgIpc) is 3.94. The number of fused-ring (bicyclic) bond motifs is 2. The monoisotopic (exact) mass is 736 g/mol. The van der Waals surface area contributed by atoms with Crippen LogP contribution < -0.4 is 19.6 Å². The number of methoxy groups -OCH3 is 3. The first-order valence-corrected chi connectivity index (χ1v) is 17.8. The molecular weight excluding hydrogens is 705 g/mol. The molecule has 9 aromatic rings. The SMILES string of the molecule is COc1c(-c2cccc(-c3nnc(-c4ccc5ccccc5c4)o3)c2)cc(-c2cccc(-c3nnc(-c4ccc5ccccc5c4)o3)c2)c(OC)c(=O)c1OC. The minimum Gasteiger partial charge on any atom is -0.492 e. The summed E-state index contributed by atoms with van der Waals surface area (Å²) in [6.07, 6.45) is 0. The number of rotatable bonds is 9. The smallest absolute Gasteiger partial charge is 0.266 e. The topological polar surface area (TPSA) is 123 Å². The number of hydrogen-bond acceptors (Lipinski definition) is 10. The molecule has 0 spiro atoms. The molecule has 0 aliphatic rings.